The number of hydrogen-bond acceptors (Lipinski definition) is 3. The maximum Gasteiger partial charge on any atom is 0.407 e. The first kappa shape index (κ1) is 18.9. The molecular weight excluding hydrogens is 292 g/mol. The molecule has 0 aromatic carbocycles. The van der Waals surface area contributed by atoms with E-state index in [1.165, 1.54) is 5.57 Å². The number of alkyl halides is 2. The van der Waals surface area contributed by atoms with Gasteiger partial charge >= 0.3 is 12.7 Å². The zero-order chi connectivity index (χ0) is 16.6. The summed E-state index contributed by atoms with van der Waals surface area (Å²) in [4.78, 5) is 11.8. The molecule has 0 aliphatic heterocycles. The van der Waals surface area contributed by atoms with E-state index in [0.29, 0.717) is 6.42 Å². The second-order valence-electron chi connectivity index (χ2n) is 6.58. The molecule has 1 N–H and O–H groups in total. The van der Waals surface area contributed by atoms with Crippen LogP contribution in [0.1, 0.15) is 59.3 Å². The summed E-state index contributed by atoms with van der Waals surface area (Å²) in [7, 11) is 0. The maximum atomic E-state index is 11.9. The van der Waals surface area contributed by atoms with Crippen molar-refractivity contribution >= 4 is 6.09 Å². The van der Waals surface area contributed by atoms with Crippen LogP contribution in [0.5, 0.6) is 0 Å². The number of nitrogens with one attached hydrogen (secondary N) is 1. The second kappa shape index (κ2) is 9.08. The molecule has 1 rings (SSSR count). The SMILES string of the molecule is CC(C)(C)OC(=O)N[C@@H]1CCCC/C(=C/CCOC(F)F)C1. The highest BCUT2D eigenvalue weighted by atomic mass is 19.3. The Hall–Kier alpha value is -1.17. The topological polar surface area (TPSA) is 47.6 Å². The van der Waals surface area contributed by atoms with Crippen molar-refractivity contribution in [1.82, 2.24) is 5.32 Å². The third kappa shape index (κ3) is 8.97. The number of carbonyl (C=O) groups excluding carboxylic acids is 1. The van der Waals surface area contributed by atoms with Crippen LogP contribution in [-0.4, -0.2) is 31.0 Å². The van der Waals surface area contributed by atoms with Crippen LogP contribution in [0.3, 0.4) is 0 Å². The Morgan fingerprint density at radius 3 is 2.77 bits per heavy atom. The second-order valence-corrected chi connectivity index (χ2v) is 6.58. The molecule has 0 aromatic heterocycles. The predicted molar refractivity (Wildman–Crippen MR) is 80.9 cm³/mol. The fraction of sp³-hybridized carbons (Fsp3) is 0.812. The molecule has 1 fully saturated rings. The maximum absolute atomic E-state index is 11.9. The number of rotatable bonds is 5. The lowest BCUT2D eigenvalue weighted by Crippen LogP contribution is -2.39. The normalized spacial score (nSPS) is 21.7. The van der Waals surface area contributed by atoms with Gasteiger partial charge in [-0.2, -0.15) is 8.78 Å². The standard InChI is InChI=1S/C16H27F2NO3/c1-16(2,3)22-15(20)19-13-9-5-4-7-12(11-13)8-6-10-21-14(17)18/h8,13-14H,4-7,9-11H2,1-3H3,(H,19,20)/b12-8-/t13-/m1/s1. The quantitative estimate of drug-likeness (QED) is 0.464. The van der Waals surface area contributed by atoms with Crippen LogP contribution < -0.4 is 5.32 Å². The molecule has 0 bridgehead atoms. The van der Waals surface area contributed by atoms with E-state index in [4.69, 9.17) is 4.74 Å². The molecule has 1 aliphatic rings. The highest BCUT2D eigenvalue weighted by molar-refractivity contribution is 5.68. The third-order valence-electron chi connectivity index (χ3n) is 3.32. The van der Waals surface area contributed by atoms with E-state index in [-0.39, 0.29) is 12.6 Å². The molecular formula is C16H27F2NO3. The van der Waals surface area contributed by atoms with E-state index in [1.807, 2.05) is 26.8 Å². The van der Waals surface area contributed by atoms with Gasteiger partial charge < -0.3 is 14.8 Å². The van der Waals surface area contributed by atoms with Gasteiger partial charge in [0.2, 0.25) is 0 Å². The van der Waals surface area contributed by atoms with Gasteiger partial charge in [-0.25, -0.2) is 4.79 Å². The number of alkyl carbamates (subject to hydrolysis) is 1. The Labute approximate surface area is 131 Å². The third-order valence-corrected chi connectivity index (χ3v) is 3.32. The molecule has 1 atom stereocenters. The first-order valence-electron chi connectivity index (χ1n) is 7.83. The largest absolute Gasteiger partial charge is 0.444 e. The summed E-state index contributed by atoms with van der Waals surface area (Å²) >= 11 is 0. The van der Waals surface area contributed by atoms with E-state index in [0.717, 1.165) is 32.1 Å². The minimum Gasteiger partial charge on any atom is -0.444 e. The van der Waals surface area contributed by atoms with Gasteiger partial charge in [0.1, 0.15) is 5.60 Å². The van der Waals surface area contributed by atoms with Crippen molar-refractivity contribution in [2.45, 2.75) is 77.6 Å². The van der Waals surface area contributed by atoms with Crippen LogP contribution in [0.15, 0.2) is 11.6 Å². The van der Waals surface area contributed by atoms with E-state index in [2.05, 4.69) is 10.1 Å². The average molecular weight is 319 g/mol. The van der Waals surface area contributed by atoms with E-state index in [9.17, 15) is 13.6 Å². The monoisotopic (exact) mass is 319 g/mol. The fourth-order valence-corrected chi connectivity index (χ4v) is 2.47. The Morgan fingerprint density at radius 2 is 2.14 bits per heavy atom. The Balaban J connectivity index is 2.44. The van der Waals surface area contributed by atoms with Crippen molar-refractivity contribution < 1.29 is 23.0 Å². The zero-order valence-electron chi connectivity index (χ0n) is 13.7. The summed E-state index contributed by atoms with van der Waals surface area (Å²) in [5.41, 5.74) is 0.677. The van der Waals surface area contributed by atoms with Crippen molar-refractivity contribution in [3.05, 3.63) is 11.6 Å². The molecule has 0 aromatic rings. The molecule has 22 heavy (non-hydrogen) atoms. The van der Waals surface area contributed by atoms with Crippen molar-refractivity contribution in [3.63, 3.8) is 0 Å². The minimum absolute atomic E-state index is 0.0192. The number of halogens is 2. The number of ether oxygens (including phenoxy) is 2. The fourth-order valence-electron chi connectivity index (χ4n) is 2.47. The van der Waals surface area contributed by atoms with Crippen molar-refractivity contribution in [3.8, 4) is 0 Å². The van der Waals surface area contributed by atoms with Gasteiger partial charge in [-0.1, -0.05) is 18.1 Å². The van der Waals surface area contributed by atoms with Crippen LogP contribution in [0.4, 0.5) is 13.6 Å². The molecule has 0 radical (unpaired) electrons. The molecule has 4 nitrogen and oxygen atoms in total. The minimum atomic E-state index is -2.71. The van der Waals surface area contributed by atoms with Gasteiger partial charge in [0, 0.05) is 6.04 Å². The van der Waals surface area contributed by atoms with Crippen LogP contribution in [-0.2, 0) is 9.47 Å². The molecule has 1 amide bonds. The summed E-state index contributed by atoms with van der Waals surface area (Å²) in [6.07, 6.45) is 6.70. The predicted octanol–water partition coefficient (Wildman–Crippen LogP) is 4.40. The number of hydrogen-bond donors (Lipinski definition) is 1. The van der Waals surface area contributed by atoms with Gasteiger partial charge in [-0.05, 0) is 52.9 Å². The van der Waals surface area contributed by atoms with Gasteiger partial charge in [0.15, 0.2) is 0 Å². The molecule has 0 spiro atoms. The van der Waals surface area contributed by atoms with Gasteiger partial charge in [-0.3, -0.25) is 0 Å². The highest BCUT2D eigenvalue weighted by Gasteiger charge is 2.21. The first-order chi connectivity index (χ1) is 10.3. The summed E-state index contributed by atoms with van der Waals surface area (Å²) in [5, 5.41) is 2.90. The summed E-state index contributed by atoms with van der Waals surface area (Å²) in [5.74, 6) is 0. The van der Waals surface area contributed by atoms with Crippen LogP contribution in [0.2, 0.25) is 0 Å². The zero-order valence-corrected chi connectivity index (χ0v) is 13.7. The van der Waals surface area contributed by atoms with Crippen LogP contribution in [0.25, 0.3) is 0 Å². The van der Waals surface area contributed by atoms with Crippen molar-refractivity contribution in [2.75, 3.05) is 6.61 Å². The van der Waals surface area contributed by atoms with E-state index < -0.39 is 18.3 Å². The average Bonchev–Trinajstić information content (AvgIpc) is 2.57. The van der Waals surface area contributed by atoms with E-state index in [1.54, 1.807) is 0 Å². The Kier molecular flexibility index (Phi) is 7.79. The smallest absolute Gasteiger partial charge is 0.407 e. The first-order valence-corrected chi connectivity index (χ1v) is 7.83. The Morgan fingerprint density at radius 1 is 1.41 bits per heavy atom. The summed E-state index contributed by atoms with van der Waals surface area (Å²) < 4.78 is 33.3. The summed E-state index contributed by atoms with van der Waals surface area (Å²) in [6.45, 7) is 2.79. The van der Waals surface area contributed by atoms with Crippen LogP contribution in [0, 0.1) is 0 Å². The lowest BCUT2D eigenvalue weighted by Gasteiger charge is -2.23. The molecule has 1 aliphatic carbocycles. The van der Waals surface area contributed by atoms with Crippen molar-refractivity contribution in [2.24, 2.45) is 0 Å². The lowest BCUT2D eigenvalue weighted by molar-refractivity contribution is -0.127. The molecule has 0 heterocycles. The van der Waals surface area contributed by atoms with Gasteiger partial charge in [-0.15, -0.1) is 0 Å². The van der Waals surface area contributed by atoms with Gasteiger partial charge in [0.05, 0.1) is 6.61 Å². The molecule has 0 saturated heterocycles. The molecule has 1 saturated carbocycles. The van der Waals surface area contributed by atoms with Crippen molar-refractivity contribution in [1.29, 1.82) is 0 Å². The van der Waals surface area contributed by atoms with Gasteiger partial charge in [0.25, 0.3) is 0 Å². The molecule has 128 valence electrons. The van der Waals surface area contributed by atoms with Crippen LogP contribution >= 0.6 is 0 Å². The summed E-state index contributed by atoms with van der Waals surface area (Å²) in [6, 6.07) is 0.0413. The molecule has 6 heteroatoms. The number of amides is 1. The lowest BCUT2D eigenvalue weighted by atomic mass is 10.0. The van der Waals surface area contributed by atoms with E-state index >= 15 is 0 Å². The molecule has 0 unspecified atom stereocenters. The Bertz CT molecular complexity index is 378. The highest BCUT2D eigenvalue weighted by Crippen LogP contribution is 2.23. The number of carbonyl (C=O) groups is 1.